The molecule has 2 aliphatic heterocycles. The molecule has 2 aliphatic rings. The number of anilines is 1. The SMILES string of the molecule is COc1cc(CON2c3cc(OCc4ccccc4)c(OC)cc3C(=O)N3CCC(C(=O)O)[C@H]3C2O)c([N+](=O)[O-])cc1OC. The number of methoxy groups -OCH3 is 3. The Hall–Kier alpha value is -5.08. The van der Waals surface area contributed by atoms with Gasteiger partial charge < -0.3 is 34.1 Å². The van der Waals surface area contributed by atoms with Gasteiger partial charge in [-0.15, -0.1) is 0 Å². The maximum atomic E-state index is 13.8. The summed E-state index contributed by atoms with van der Waals surface area (Å²) in [6.45, 7) is -0.223. The van der Waals surface area contributed by atoms with E-state index in [2.05, 4.69) is 0 Å². The molecule has 0 spiro atoms. The number of aliphatic hydroxyl groups is 1. The zero-order valence-electron chi connectivity index (χ0n) is 24.2. The fraction of sp³-hybridized carbons (Fsp3) is 0.333. The van der Waals surface area contributed by atoms with Gasteiger partial charge in [0, 0.05) is 12.6 Å². The number of carbonyl (C=O) groups is 2. The highest BCUT2D eigenvalue weighted by Crippen LogP contribution is 2.43. The Balaban J connectivity index is 1.59. The number of aliphatic hydroxyl groups excluding tert-OH is 1. The van der Waals surface area contributed by atoms with E-state index in [0.29, 0.717) is 0 Å². The van der Waals surface area contributed by atoms with Crippen LogP contribution in [0, 0.1) is 16.0 Å². The van der Waals surface area contributed by atoms with Crippen molar-refractivity contribution in [3.05, 3.63) is 81.4 Å². The molecule has 2 heterocycles. The molecule has 0 radical (unpaired) electrons. The number of benzene rings is 3. The first kappa shape index (κ1) is 30.4. The number of hydrogen-bond acceptors (Lipinski definition) is 11. The monoisotopic (exact) mass is 609 g/mol. The van der Waals surface area contributed by atoms with Crippen LogP contribution in [0.2, 0.25) is 0 Å². The van der Waals surface area contributed by atoms with Crippen LogP contribution in [0.1, 0.15) is 27.9 Å². The number of nitro groups is 1. The van der Waals surface area contributed by atoms with Crippen molar-refractivity contribution in [3.8, 4) is 23.0 Å². The maximum absolute atomic E-state index is 13.8. The predicted molar refractivity (Wildman–Crippen MR) is 154 cm³/mol. The Bertz CT molecular complexity index is 1570. The highest BCUT2D eigenvalue weighted by Gasteiger charge is 2.51. The van der Waals surface area contributed by atoms with Gasteiger partial charge in [-0.05, 0) is 24.1 Å². The topological polar surface area (TPSA) is 170 Å². The minimum atomic E-state index is -1.67. The second kappa shape index (κ2) is 12.7. The standard InChI is InChI=1S/C30H31N3O11/c1-40-23-11-18(21(33(38)39)13-25(23)42-3)16-44-32-22-14-26(43-15-17-7-5-4-6-8-17)24(41-2)12-20(22)28(34)31-10-9-19(30(36)37)27(31)29(32)35/h4-8,11-14,19,27,29,35H,9-10,15-16H2,1-3H3,(H,36,37)/t19?,27-,29?/m0/s1. The Morgan fingerprint density at radius 2 is 1.64 bits per heavy atom. The van der Waals surface area contributed by atoms with Gasteiger partial charge in [0.05, 0.1) is 61.1 Å². The molecule has 3 atom stereocenters. The van der Waals surface area contributed by atoms with E-state index >= 15 is 0 Å². The Labute approximate surface area is 252 Å². The molecule has 2 unspecified atom stereocenters. The normalized spacial score (nSPS) is 19.1. The van der Waals surface area contributed by atoms with Gasteiger partial charge in [0.1, 0.15) is 13.2 Å². The van der Waals surface area contributed by atoms with E-state index in [1.165, 1.54) is 50.5 Å². The summed E-state index contributed by atoms with van der Waals surface area (Å²) in [6.07, 6.45) is -1.55. The molecule has 3 aromatic carbocycles. The Kier molecular flexibility index (Phi) is 8.73. The third kappa shape index (κ3) is 5.64. The molecule has 232 valence electrons. The fourth-order valence-corrected chi connectivity index (χ4v) is 5.52. The van der Waals surface area contributed by atoms with E-state index in [1.54, 1.807) is 0 Å². The molecular formula is C30H31N3O11. The summed E-state index contributed by atoms with van der Waals surface area (Å²) in [7, 11) is 4.13. The van der Waals surface area contributed by atoms with Gasteiger partial charge in [-0.3, -0.25) is 24.5 Å². The first-order valence-corrected chi connectivity index (χ1v) is 13.6. The minimum Gasteiger partial charge on any atom is -0.493 e. The van der Waals surface area contributed by atoms with E-state index in [1.807, 2.05) is 30.3 Å². The quantitative estimate of drug-likeness (QED) is 0.240. The lowest BCUT2D eigenvalue weighted by Crippen LogP contribution is -2.52. The average Bonchev–Trinajstić information content (AvgIpc) is 3.46. The van der Waals surface area contributed by atoms with Gasteiger partial charge in [-0.25, -0.2) is 5.06 Å². The van der Waals surface area contributed by atoms with Crippen LogP contribution in [-0.4, -0.2) is 72.1 Å². The number of carboxylic acids is 1. The van der Waals surface area contributed by atoms with Crippen molar-refractivity contribution in [2.24, 2.45) is 5.92 Å². The summed E-state index contributed by atoms with van der Waals surface area (Å²) in [5.74, 6) is -2.03. The van der Waals surface area contributed by atoms with E-state index in [9.17, 15) is 29.9 Å². The van der Waals surface area contributed by atoms with E-state index in [-0.39, 0.29) is 65.1 Å². The summed E-state index contributed by atoms with van der Waals surface area (Å²) in [5.41, 5.74) is 0.718. The molecule has 3 aromatic rings. The number of amides is 1. The molecule has 2 N–H and O–H groups in total. The van der Waals surface area contributed by atoms with Crippen LogP contribution in [0.5, 0.6) is 23.0 Å². The first-order valence-electron chi connectivity index (χ1n) is 13.6. The van der Waals surface area contributed by atoms with Crippen LogP contribution < -0.4 is 24.0 Å². The molecule has 0 bridgehead atoms. The van der Waals surface area contributed by atoms with Crippen molar-refractivity contribution < 1.29 is 48.5 Å². The molecule has 1 fully saturated rings. The molecule has 5 rings (SSSR count). The Morgan fingerprint density at radius 3 is 2.27 bits per heavy atom. The van der Waals surface area contributed by atoms with Crippen molar-refractivity contribution in [1.29, 1.82) is 0 Å². The van der Waals surface area contributed by atoms with Gasteiger partial charge in [-0.2, -0.15) is 0 Å². The van der Waals surface area contributed by atoms with E-state index in [0.717, 1.165) is 10.6 Å². The van der Waals surface area contributed by atoms with Crippen LogP contribution >= 0.6 is 0 Å². The van der Waals surface area contributed by atoms with E-state index in [4.69, 9.17) is 23.8 Å². The molecule has 1 saturated heterocycles. The molecule has 14 nitrogen and oxygen atoms in total. The van der Waals surface area contributed by atoms with Gasteiger partial charge in [-0.1, -0.05) is 30.3 Å². The third-order valence-electron chi connectivity index (χ3n) is 7.70. The summed E-state index contributed by atoms with van der Waals surface area (Å²) in [4.78, 5) is 44.6. The molecule has 0 saturated carbocycles. The van der Waals surface area contributed by atoms with Crippen molar-refractivity contribution in [1.82, 2.24) is 4.90 Å². The van der Waals surface area contributed by atoms with Crippen LogP contribution in [0.3, 0.4) is 0 Å². The lowest BCUT2D eigenvalue weighted by Gasteiger charge is -2.34. The van der Waals surface area contributed by atoms with Crippen molar-refractivity contribution >= 4 is 23.3 Å². The number of ether oxygens (including phenoxy) is 4. The number of nitrogens with zero attached hydrogens (tertiary/aromatic N) is 3. The van der Waals surface area contributed by atoms with Gasteiger partial charge in [0.25, 0.3) is 11.6 Å². The first-order chi connectivity index (χ1) is 21.2. The smallest absolute Gasteiger partial charge is 0.308 e. The molecule has 1 amide bonds. The minimum absolute atomic E-state index is 0.0586. The average molecular weight is 610 g/mol. The third-order valence-corrected chi connectivity index (χ3v) is 7.70. The van der Waals surface area contributed by atoms with Crippen molar-refractivity contribution in [2.45, 2.75) is 31.9 Å². The number of hydroxylamine groups is 1. The van der Waals surface area contributed by atoms with Gasteiger partial charge in [0.2, 0.25) is 0 Å². The number of hydrogen-bond donors (Lipinski definition) is 2. The molecular weight excluding hydrogens is 578 g/mol. The Morgan fingerprint density at radius 1 is 0.977 bits per heavy atom. The molecule has 14 heteroatoms. The second-order valence-corrected chi connectivity index (χ2v) is 10.1. The summed E-state index contributed by atoms with van der Waals surface area (Å²) in [5, 5.41) is 34.5. The predicted octanol–water partition coefficient (Wildman–Crippen LogP) is 3.39. The van der Waals surface area contributed by atoms with Crippen LogP contribution in [0.25, 0.3) is 0 Å². The lowest BCUT2D eigenvalue weighted by atomic mass is 9.99. The van der Waals surface area contributed by atoms with Gasteiger partial charge >= 0.3 is 5.97 Å². The zero-order chi connectivity index (χ0) is 31.5. The van der Waals surface area contributed by atoms with Crippen molar-refractivity contribution in [2.75, 3.05) is 32.9 Å². The van der Waals surface area contributed by atoms with E-state index < -0.39 is 41.6 Å². The number of aliphatic carboxylic acids is 1. The summed E-state index contributed by atoms with van der Waals surface area (Å²) < 4.78 is 22.1. The number of carboxylic acid groups (broad SMARTS) is 1. The fourth-order valence-electron chi connectivity index (χ4n) is 5.52. The summed E-state index contributed by atoms with van der Waals surface area (Å²) >= 11 is 0. The number of carbonyl (C=O) groups excluding carboxylic acids is 1. The number of nitro benzene ring substituents is 1. The number of rotatable bonds is 11. The van der Waals surface area contributed by atoms with Gasteiger partial charge in [0.15, 0.2) is 29.2 Å². The zero-order valence-corrected chi connectivity index (χ0v) is 24.2. The highest BCUT2D eigenvalue weighted by atomic mass is 16.7. The highest BCUT2D eigenvalue weighted by molar-refractivity contribution is 6.02. The van der Waals surface area contributed by atoms with Crippen LogP contribution in [0.15, 0.2) is 54.6 Å². The molecule has 44 heavy (non-hydrogen) atoms. The largest absolute Gasteiger partial charge is 0.493 e. The summed E-state index contributed by atoms with van der Waals surface area (Å²) in [6, 6.07) is 13.6. The maximum Gasteiger partial charge on any atom is 0.308 e. The van der Waals surface area contributed by atoms with Crippen LogP contribution in [-0.2, 0) is 22.8 Å². The van der Waals surface area contributed by atoms with Crippen molar-refractivity contribution in [3.63, 3.8) is 0 Å². The molecule has 0 aliphatic carbocycles. The second-order valence-electron chi connectivity index (χ2n) is 10.1. The molecule has 0 aromatic heterocycles. The van der Waals surface area contributed by atoms with Crippen LogP contribution in [0.4, 0.5) is 11.4 Å². The number of fused-ring (bicyclic) bond motifs is 2. The lowest BCUT2D eigenvalue weighted by molar-refractivity contribution is -0.386.